The Balaban J connectivity index is 3.13. The minimum absolute atomic E-state index is 0.0406. The highest BCUT2D eigenvalue weighted by molar-refractivity contribution is 7.90. The predicted octanol–water partition coefficient (Wildman–Crippen LogP) is 2.07. The van der Waals surface area contributed by atoms with Gasteiger partial charge in [-0.25, -0.2) is 0 Å². The zero-order valence-corrected chi connectivity index (χ0v) is 13.6. The molecular formula is C14H19ClN2O3S. The quantitative estimate of drug-likeness (QED) is 0.784. The van der Waals surface area contributed by atoms with Crippen LogP contribution in [0.25, 0.3) is 0 Å². The van der Waals surface area contributed by atoms with Crippen LogP contribution in [0.15, 0.2) is 18.2 Å². The van der Waals surface area contributed by atoms with Gasteiger partial charge in [-0.15, -0.1) is 0 Å². The van der Waals surface area contributed by atoms with Gasteiger partial charge in [-0.3, -0.25) is 4.72 Å². The Bertz CT molecular complexity index is 631. The minimum Gasteiger partial charge on any atom is -0.395 e. The summed E-state index contributed by atoms with van der Waals surface area (Å²) in [5, 5.41) is 9.16. The number of anilines is 1. The number of hydrogen-bond acceptors (Lipinski definition) is 3. The molecule has 0 fully saturated rings. The molecular weight excluding hydrogens is 312 g/mol. The Hall–Kier alpha value is -1.26. The van der Waals surface area contributed by atoms with Crippen molar-refractivity contribution in [3.8, 4) is 11.8 Å². The smallest absolute Gasteiger partial charge is 0.301 e. The lowest BCUT2D eigenvalue weighted by Crippen LogP contribution is -2.35. The van der Waals surface area contributed by atoms with Crippen molar-refractivity contribution < 1.29 is 13.5 Å². The summed E-state index contributed by atoms with van der Waals surface area (Å²) in [6, 6.07) is 4.80. The summed E-state index contributed by atoms with van der Waals surface area (Å²) < 4.78 is 28.3. The van der Waals surface area contributed by atoms with Crippen molar-refractivity contribution >= 4 is 27.5 Å². The molecule has 0 atom stereocenters. The maximum Gasteiger partial charge on any atom is 0.301 e. The summed E-state index contributed by atoms with van der Waals surface area (Å²) in [7, 11) is -3.64. The molecule has 0 aliphatic heterocycles. The zero-order valence-electron chi connectivity index (χ0n) is 12.1. The Labute approximate surface area is 131 Å². The molecule has 116 valence electrons. The van der Waals surface area contributed by atoms with E-state index in [9.17, 15) is 8.42 Å². The van der Waals surface area contributed by atoms with Crippen LogP contribution in [0.4, 0.5) is 5.69 Å². The monoisotopic (exact) mass is 330 g/mol. The Morgan fingerprint density at radius 2 is 2.00 bits per heavy atom. The molecule has 0 radical (unpaired) electrons. The second kappa shape index (κ2) is 8.25. The van der Waals surface area contributed by atoms with Crippen molar-refractivity contribution in [1.82, 2.24) is 4.31 Å². The number of hydrogen-bond donors (Lipinski definition) is 2. The lowest BCUT2D eigenvalue weighted by molar-refractivity contribution is 0.305. The van der Waals surface area contributed by atoms with E-state index in [1.807, 2.05) is 0 Å². The van der Waals surface area contributed by atoms with Gasteiger partial charge in [-0.1, -0.05) is 37.3 Å². The maximum atomic E-state index is 12.2. The van der Waals surface area contributed by atoms with Crippen molar-refractivity contribution in [3.05, 3.63) is 28.8 Å². The molecule has 1 aromatic rings. The summed E-state index contributed by atoms with van der Waals surface area (Å²) in [4.78, 5) is 0. The average molecular weight is 331 g/mol. The number of aliphatic hydroxyl groups is 1. The highest BCUT2D eigenvalue weighted by Crippen LogP contribution is 2.22. The molecule has 0 heterocycles. The maximum absolute atomic E-state index is 12.2. The van der Waals surface area contributed by atoms with E-state index in [1.165, 1.54) is 10.4 Å². The van der Waals surface area contributed by atoms with Crippen molar-refractivity contribution in [2.24, 2.45) is 0 Å². The highest BCUT2D eigenvalue weighted by atomic mass is 35.5. The number of nitrogens with zero attached hydrogens (tertiary/aromatic N) is 1. The Morgan fingerprint density at radius 1 is 1.33 bits per heavy atom. The molecule has 0 spiro atoms. The number of nitrogens with one attached hydrogen (secondary N) is 1. The largest absolute Gasteiger partial charge is 0.395 e. The lowest BCUT2D eigenvalue weighted by Gasteiger charge is -2.20. The van der Waals surface area contributed by atoms with Gasteiger partial charge >= 0.3 is 10.2 Å². The molecule has 0 unspecified atom stereocenters. The van der Waals surface area contributed by atoms with Crippen LogP contribution < -0.4 is 4.72 Å². The van der Waals surface area contributed by atoms with E-state index in [0.29, 0.717) is 35.8 Å². The molecule has 0 aliphatic rings. The molecule has 0 bridgehead atoms. The first kappa shape index (κ1) is 17.8. The van der Waals surface area contributed by atoms with Gasteiger partial charge in [0, 0.05) is 30.1 Å². The van der Waals surface area contributed by atoms with Crippen LogP contribution in [0.1, 0.15) is 25.8 Å². The fourth-order valence-electron chi connectivity index (χ4n) is 1.69. The second-order valence-corrected chi connectivity index (χ2v) is 6.26. The summed E-state index contributed by atoms with van der Waals surface area (Å²) >= 11 is 5.92. The lowest BCUT2D eigenvalue weighted by atomic mass is 10.2. The fraction of sp³-hybridized carbons (Fsp3) is 0.429. The van der Waals surface area contributed by atoms with E-state index in [-0.39, 0.29) is 6.61 Å². The third-order valence-electron chi connectivity index (χ3n) is 2.73. The van der Waals surface area contributed by atoms with Gasteiger partial charge in [0.1, 0.15) is 0 Å². The third-order valence-corrected chi connectivity index (χ3v) is 4.63. The van der Waals surface area contributed by atoms with Gasteiger partial charge < -0.3 is 5.11 Å². The van der Waals surface area contributed by atoms with Crippen LogP contribution in [-0.2, 0) is 10.2 Å². The van der Waals surface area contributed by atoms with E-state index in [4.69, 9.17) is 16.7 Å². The van der Waals surface area contributed by atoms with Crippen LogP contribution in [0, 0.1) is 11.8 Å². The van der Waals surface area contributed by atoms with Crippen LogP contribution >= 0.6 is 11.6 Å². The molecule has 0 aliphatic carbocycles. The van der Waals surface area contributed by atoms with E-state index in [2.05, 4.69) is 16.6 Å². The highest BCUT2D eigenvalue weighted by Gasteiger charge is 2.19. The standard InChI is InChI=1S/C14H19ClN2O3S/c1-3-17(4-2)21(19,20)16-14-11-13(15)9-8-12(14)7-5-6-10-18/h8-9,11,16,18H,3-4,6,10H2,1-2H3. The van der Waals surface area contributed by atoms with Crippen LogP contribution in [-0.4, -0.2) is 37.5 Å². The molecule has 1 rings (SSSR count). The minimum atomic E-state index is -3.64. The molecule has 0 saturated carbocycles. The summed E-state index contributed by atoms with van der Waals surface area (Å²) in [6.07, 6.45) is 0.324. The molecule has 0 aromatic heterocycles. The Morgan fingerprint density at radius 3 is 2.57 bits per heavy atom. The van der Waals surface area contributed by atoms with Crippen molar-refractivity contribution in [2.75, 3.05) is 24.4 Å². The summed E-state index contributed by atoms with van der Waals surface area (Å²) in [6.45, 7) is 4.24. The van der Waals surface area contributed by atoms with Gasteiger partial charge in [-0.2, -0.15) is 12.7 Å². The molecule has 0 amide bonds. The summed E-state index contributed by atoms with van der Waals surface area (Å²) in [5.41, 5.74) is 0.850. The van der Waals surface area contributed by atoms with Crippen LogP contribution in [0.3, 0.4) is 0 Å². The van der Waals surface area contributed by atoms with Gasteiger partial charge in [0.15, 0.2) is 0 Å². The van der Waals surface area contributed by atoms with E-state index in [1.54, 1.807) is 26.0 Å². The topological polar surface area (TPSA) is 69.6 Å². The van der Waals surface area contributed by atoms with Crippen LogP contribution in [0.5, 0.6) is 0 Å². The van der Waals surface area contributed by atoms with Gasteiger partial charge in [0.25, 0.3) is 0 Å². The van der Waals surface area contributed by atoms with Gasteiger partial charge in [-0.05, 0) is 18.2 Å². The second-order valence-electron chi connectivity index (χ2n) is 4.16. The molecule has 0 saturated heterocycles. The van der Waals surface area contributed by atoms with Crippen LogP contribution in [0.2, 0.25) is 5.02 Å². The first-order chi connectivity index (χ1) is 9.94. The van der Waals surface area contributed by atoms with Crippen molar-refractivity contribution in [1.29, 1.82) is 0 Å². The van der Waals surface area contributed by atoms with Crippen molar-refractivity contribution in [3.63, 3.8) is 0 Å². The molecule has 2 N–H and O–H groups in total. The number of halogens is 1. The summed E-state index contributed by atoms with van der Waals surface area (Å²) in [5.74, 6) is 5.59. The number of benzene rings is 1. The Kier molecular flexibility index (Phi) is 6.99. The normalized spacial score (nSPS) is 11.1. The van der Waals surface area contributed by atoms with E-state index >= 15 is 0 Å². The van der Waals surface area contributed by atoms with E-state index in [0.717, 1.165) is 0 Å². The molecule has 1 aromatic carbocycles. The fourth-order valence-corrected chi connectivity index (χ4v) is 3.12. The number of rotatable bonds is 6. The van der Waals surface area contributed by atoms with E-state index < -0.39 is 10.2 Å². The zero-order chi connectivity index (χ0) is 15.9. The first-order valence-corrected chi connectivity index (χ1v) is 8.43. The molecule has 7 heteroatoms. The first-order valence-electron chi connectivity index (χ1n) is 6.61. The van der Waals surface area contributed by atoms with Crippen molar-refractivity contribution in [2.45, 2.75) is 20.3 Å². The molecule has 21 heavy (non-hydrogen) atoms. The third kappa shape index (κ3) is 5.21. The van der Waals surface area contributed by atoms with Gasteiger partial charge in [0.2, 0.25) is 0 Å². The van der Waals surface area contributed by atoms with Gasteiger partial charge in [0.05, 0.1) is 12.3 Å². The average Bonchev–Trinajstić information content (AvgIpc) is 2.42. The predicted molar refractivity (Wildman–Crippen MR) is 85.5 cm³/mol. The molecule has 5 nitrogen and oxygen atoms in total. The number of aliphatic hydroxyl groups excluding tert-OH is 1. The SMILES string of the molecule is CCN(CC)S(=O)(=O)Nc1cc(Cl)ccc1C#CCCO.